The van der Waals surface area contributed by atoms with Crippen molar-refractivity contribution in [1.29, 1.82) is 0 Å². The Hall–Kier alpha value is -2.05. The molecule has 0 fully saturated rings. The number of nitrogens with one attached hydrogen (secondary N) is 1. The Labute approximate surface area is 131 Å². The van der Waals surface area contributed by atoms with Crippen LogP contribution in [0.5, 0.6) is 0 Å². The van der Waals surface area contributed by atoms with Crippen molar-refractivity contribution in [2.75, 3.05) is 11.9 Å². The van der Waals surface area contributed by atoms with Gasteiger partial charge in [0.2, 0.25) is 0 Å². The van der Waals surface area contributed by atoms with Gasteiger partial charge < -0.3 is 10.4 Å². The van der Waals surface area contributed by atoms with E-state index in [9.17, 15) is 9.50 Å². The summed E-state index contributed by atoms with van der Waals surface area (Å²) in [5, 5.41) is 15.5. The molecule has 1 aromatic carbocycles. The number of halogens is 1. The first-order valence-corrected chi connectivity index (χ1v) is 7.96. The van der Waals surface area contributed by atoms with Crippen molar-refractivity contribution in [3.63, 3.8) is 0 Å². The lowest BCUT2D eigenvalue weighted by molar-refractivity contribution is 0.271. The fourth-order valence-corrected chi connectivity index (χ4v) is 3.21. The van der Waals surface area contributed by atoms with E-state index in [1.54, 1.807) is 12.1 Å². The van der Waals surface area contributed by atoms with Gasteiger partial charge in [-0.3, -0.25) is 0 Å². The fraction of sp³-hybridized carbons (Fsp3) is 0.250. The minimum atomic E-state index is -0.260. The largest absolute Gasteiger partial charge is 0.394 e. The van der Waals surface area contributed by atoms with Gasteiger partial charge in [-0.1, -0.05) is 19.1 Å². The Bertz CT molecular complexity index is 769. The number of nitrogens with zero attached hydrogens (tertiary/aromatic N) is 2. The lowest BCUT2D eigenvalue weighted by atomic mass is 10.1. The van der Waals surface area contributed by atoms with Gasteiger partial charge >= 0.3 is 0 Å². The molecule has 4 nitrogen and oxygen atoms in total. The molecule has 0 saturated carbocycles. The molecular formula is C16H16FN3OS. The number of anilines is 1. The van der Waals surface area contributed by atoms with Crippen molar-refractivity contribution in [3.05, 3.63) is 41.8 Å². The smallest absolute Gasteiger partial charge is 0.139 e. The van der Waals surface area contributed by atoms with Gasteiger partial charge in [0.05, 0.1) is 18.0 Å². The third kappa shape index (κ3) is 2.80. The number of aliphatic hydroxyl groups excluding tert-OH is 1. The highest BCUT2D eigenvalue weighted by Gasteiger charge is 2.15. The third-order valence-electron chi connectivity index (χ3n) is 3.58. The minimum absolute atomic E-state index is 0.0397. The molecule has 3 aromatic rings. The summed E-state index contributed by atoms with van der Waals surface area (Å²) in [5.74, 6) is 0.440. The van der Waals surface area contributed by atoms with Gasteiger partial charge in [-0.25, -0.2) is 14.4 Å². The second kappa shape index (κ2) is 6.37. The van der Waals surface area contributed by atoms with Crippen molar-refractivity contribution in [2.45, 2.75) is 19.4 Å². The second-order valence-electron chi connectivity index (χ2n) is 4.99. The zero-order chi connectivity index (χ0) is 15.5. The molecule has 1 atom stereocenters. The zero-order valence-electron chi connectivity index (χ0n) is 12.1. The topological polar surface area (TPSA) is 58.0 Å². The molecule has 0 aliphatic rings. The summed E-state index contributed by atoms with van der Waals surface area (Å²) < 4.78 is 13.1. The molecule has 0 amide bonds. The van der Waals surface area contributed by atoms with Crippen LogP contribution in [0.1, 0.15) is 13.3 Å². The summed E-state index contributed by atoms with van der Waals surface area (Å²) in [6, 6.07) is 6.32. The Balaban J connectivity index is 2.10. The number of fused-ring (bicyclic) bond motifs is 1. The molecular weight excluding hydrogens is 301 g/mol. The van der Waals surface area contributed by atoms with Gasteiger partial charge in [0, 0.05) is 10.9 Å². The molecule has 0 spiro atoms. The second-order valence-corrected chi connectivity index (χ2v) is 5.85. The molecule has 0 saturated heterocycles. The molecule has 0 aliphatic heterocycles. The lowest BCUT2D eigenvalue weighted by Crippen LogP contribution is -2.23. The molecule has 3 rings (SSSR count). The predicted molar refractivity (Wildman–Crippen MR) is 87.6 cm³/mol. The Kier molecular flexibility index (Phi) is 4.31. The number of rotatable bonds is 5. The van der Waals surface area contributed by atoms with Crippen LogP contribution in [-0.4, -0.2) is 27.7 Å². The van der Waals surface area contributed by atoms with Crippen LogP contribution in [0.2, 0.25) is 0 Å². The molecule has 1 unspecified atom stereocenters. The van der Waals surface area contributed by atoms with Crippen molar-refractivity contribution in [1.82, 2.24) is 9.97 Å². The zero-order valence-corrected chi connectivity index (χ0v) is 12.9. The van der Waals surface area contributed by atoms with Crippen LogP contribution in [-0.2, 0) is 0 Å². The number of aliphatic hydroxyl groups is 1. The standard InChI is InChI=1S/C16H16FN3OS/c1-2-12(7-21)20-15-14-13(8-22-16(14)19-9-18-15)10-3-5-11(17)6-4-10/h3-6,8-9,12,21H,2,7H2,1H3,(H,18,19,20). The number of hydrogen-bond acceptors (Lipinski definition) is 5. The van der Waals surface area contributed by atoms with Crippen molar-refractivity contribution in [2.24, 2.45) is 0 Å². The highest BCUT2D eigenvalue weighted by molar-refractivity contribution is 7.17. The summed E-state index contributed by atoms with van der Waals surface area (Å²) in [5.41, 5.74) is 1.89. The molecule has 2 heterocycles. The van der Waals surface area contributed by atoms with E-state index in [2.05, 4.69) is 15.3 Å². The maximum Gasteiger partial charge on any atom is 0.139 e. The van der Waals surface area contributed by atoms with E-state index in [4.69, 9.17) is 0 Å². The van der Waals surface area contributed by atoms with Crippen molar-refractivity contribution >= 4 is 27.4 Å². The van der Waals surface area contributed by atoms with Crippen LogP contribution in [0, 0.1) is 5.82 Å². The SMILES string of the molecule is CCC(CO)Nc1ncnc2scc(-c3ccc(F)cc3)c12. The molecule has 22 heavy (non-hydrogen) atoms. The first kappa shape index (κ1) is 14.9. The van der Waals surface area contributed by atoms with Crippen LogP contribution in [0.15, 0.2) is 36.0 Å². The molecule has 0 radical (unpaired) electrons. The first-order chi connectivity index (χ1) is 10.7. The van der Waals surface area contributed by atoms with Crippen molar-refractivity contribution < 1.29 is 9.50 Å². The van der Waals surface area contributed by atoms with Gasteiger partial charge in [0.25, 0.3) is 0 Å². The van der Waals surface area contributed by atoms with Gasteiger partial charge in [0.15, 0.2) is 0 Å². The van der Waals surface area contributed by atoms with Crippen LogP contribution in [0.3, 0.4) is 0 Å². The van der Waals surface area contributed by atoms with E-state index >= 15 is 0 Å². The number of benzene rings is 1. The van der Waals surface area contributed by atoms with Crippen LogP contribution in [0.4, 0.5) is 10.2 Å². The normalized spacial score (nSPS) is 12.5. The Morgan fingerprint density at radius 2 is 2.05 bits per heavy atom. The number of hydrogen-bond donors (Lipinski definition) is 2. The maximum atomic E-state index is 13.1. The van der Waals surface area contributed by atoms with E-state index in [1.807, 2.05) is 12.3 Å². The predicted octanol–water partition coefficient (Wildman–Crippen LogP) is 3.68. The fourth-order valence-electron chi connectivity index (χ4n) is 2.30. The highest BCUT2D eigenvalue weighted by atomic mass is 32.1. The average Bonchev–Trinajstić information content (AvgIpc) is 2.98. The van der Waals surface area contributed by atoms with E-state index in [1.165, 1.54) is 29.8 Å². The molecule has 0 bridgehead atoms. The summed E-state index contributed by atoms with van der Waals surface area (Å²) in [6.45, 7) is 2.04. The highest BCUT2D eigenvalue weighted by Crippen LogP contribution is 2.36. The molecule has 0 aliphatic carbocycles. The summed E-state index contributed by atoms with van der Waals surface area (Å²) in [6.07, 6.45) is 2.30. The van der Waals surface area contributed by atoms with Crippen LogP contribution in [0.25, 0.3) is 21.3 Å². The van der Waals surface area contributed by atoms with Crippen LogP contribution >= 0.6 is 11.3 Å². The maximum absolute atomic E-state index is 13.1. The van der Waals surface area contributed by atoms with Crippen LogP contribution < -0.4 is 5.32 Å². The Morgan fingerprint density at radius 1 is 1.27 bits per heavy atom. The molecule has 114 valence electrons. The molecule has 2 N–H and O–H groups in total. The van der Waals surface area contributed by atoms with E-state index < -0.39 is 0 Å². The van der Waals surface area contributed by atoms with E-state index in [0.29, 0.717) is 5.82 Å². The van der Waals surface area contributed by atoms with Gasteiger partial charge in [-0.2, -0.15) is 0 Å². The third-order valence-corrected chi connectivity index (χ3v) is 4.47. The van der Waals surface area contributed by atoms with Gasteiger partial charge in [0.1, 0.15) is 22.8 Å². The molecule has 6 heteroatoms. The van der Waals surface area contributed by atoms with Gasteiger partial charge in [-0.05, 0) is 24.1 Å². The summed E-state index contributed by atoms with van der Waals surface area (Å²) in [4.78, 5) is 9.48. The number of thiophene rings is 1. The minimum Gasteiger partial charge on any atom is -0.394 e. The van der Waals surface area contributed by atoms with Crippen molar-refractivity contribution in [3.8, 4) is 11.1 Å². The average molecular weight is 317 g/mol. The molecule has 2 aromatic heterocycles. The number of aromatic nitrogens is 2. The monoisotopic (exact) mass is 317 g/mol. The van der Waals surface area contributed by atoms with E-state index in [0.717, 1.165) is 27.8 Å². The Morgan fingerprint density at radius 3 is 2.73 bits per heavy atom. The lowest BCUT2D eigenvalue weighted by Gasteiger charge is -2.15. The first-order valence-electron chi connectivity index (χ1n) is 7.08. The summed E-state index contributed by atoms with van der Waals surface area (Å²) in [7, 11) is 0. The quantitative estimate of drug-likeness (QED) is 0.753. The van der Waals surface area contributed by atoms with Gasteiger partial charge in [-0.15, -0.1) is 11.3 Å². The summed E-state index contributed by atoms with van der Waals surface area (Å²) >= 11 is 1.52. The van der Waals surface area contributed by atoms with E-state index in [-0.39, 0.29) is 18.5 Å².